The van der Waals surface area contributed by atoms with Gasteiger partial charge in [0, 0.05) is 6.54 Å². The van der Waals surface area contributed by atoms with E-state index in [-0.39, 0.29) is 11.8 Å². The van der Waals surface area contributed by atoms with Crippen LogP contribution in [0.4, 0.5) is 0 Å². The Morgan fingerprint density at radius 1 is 1.56 bits per heavy atom. The van der Waals surface area contributed by atoms with Crippen molar-refractivity contribution in [3.8, 4) is 0 Å². The van der Waals surface area contributed by atoms with Gasteiger partial charge in [-0.15, -0.1) is 0 Å². The Bertz CT molecular complexity index is 235. The van der Waals surface area contributed by atoms with E-state index in [9.17, 15) is 9.90 Å². The molecule has 0 bridgehead atoms. The number of hydrogen-bond donors (Lipinski definition) is 3. The molecule has 1 heterocycles. The average molecular weight is 228 g/mol. The van der Waals surface area contributed by atoms with Crippen molar-refractivity contribution in [1.82, 2.24) is 10.6 Å². The standard InChI is InChI=1S/C12H24N2O2/c1-4-12(6-5-7-14-12)11(16)13-8-10(15)9(2)3/h9-10,14-15H,4-8H2,1-3H3,(H,13,16). The van der Waals surface area contributed by atoms with Crippen LogP contribution in [0.2, 0.25) is 0 Å². The maximum Gasteiger partial charge on any atom is 0.240 e. The molecular weight excluding hydrogens is 204 g/mol. The van der Waals surface area contributed by atoms with Crippen molar-refractivity contribution in [3.05, 3.63) is 0 Å². The van der Waals surface area contributed by atoms with E-state index in [0.29, 0.717) is 6.54 Å². The third-order valence-electron chi connectivity index (χ3n) is 3.52. The predicted molar refractivity (Wildman–Crippen MR) is 64.1 cm³/mol. The Morgan fingerprint density at radius 2 is 2.25 bits per heavy atom. The predicted octanol–water partition coefficient (Wildman–Crippen LogP) is 0.652. The minimum Gasteiger partial charge on any atom is -0.391 e. The van der Waals surface area contributed by atoms with Crippen LogP contribution in [0.25, 0.3) is 0 Å². The molecule has 3 N–H and O–H groups in total. The monoisotopic (exact) mass is 228 g/mol. The van der Waals surface area contributed by atoms with Gasteiger partial charge in [0.1, 0.15) is 0 Å². The third-order valence-corrected chi connectivity index (χ3v) is 3.52. The Morgan fingerprint density at radius 3 is 2.69 bits per heavy atom. The lowest BCUT2D eigenvalue weighted by molar-refractivity contribution is -0.127. The molecule has 0 spiro atoms. The molecule has 94 valence electrons. The summed E-state index contributed by atoms with van der Waals surface area (Å²) in [5.41, 5.74) is -0.392. The van der Waals surface area contributed by atoms with Crippen LogP contribution in [0, 0.1) is 5.92 Å². The summed E-state index contributed by atoms with van der Waals surface area (Å²) >= 11 is 0. The minimum atomic E-state index is -0.459. The van der Waals surface area contributed by atoms with E-state index < -0.39 is 11.6 Å². The molecule has 0 radical (unpaired) electrons. The van der Waals surface area contributed by atoms with Crippen LogP contribution < -0.4 is 10.6 Å². The van der Waals surface area contributed by atoms with E-state index in [0.717, 1.165) is 25.8 Å². The summed E-state index contributed by atoms with van der Waals surface area (Å²) < 4.78 is 0. The maximum atomic E-state index is 12.0. The highest BCUT2D eigenvalue weighted by Gasteiger charge is 2.38. The van der Waals surface area contributed by atoms with Gasteiger partial charge in [0.15, 0.2) is 0 Å². The molecule has 0 aliphatic carbocycles. The van der Waals surface area contributed by atoms with Crippen LogP contribution in [0.1, 0.15) is 40.0 Å². The Labute approximate surface area is 97.8 Å². The number of nitrogens with one attached hydrogen (secondary N) is 2. The fraction of sp³-hybridized carbons (Fsp3) is 0.917. The van der Waals surface area contributed by atoms with Crippen LogP contribution >= 0.6 is 0 Å². The van der Waals surface area contributed by atoms with Crippen molar-refractivity contribution in [1.29, 1.82) is 0 Å². The van der Waals surface area contributed by atoms with Gasteiger partial charge >= 0.3 is 0 Å². The highest BCUT2D eigenvalue weighted by atomic mass is 16.3. The van der Waals surface area contributed by atoms with Gasteiger partial charge in [-0.2, -0.15) is 0 Å². The molecule has 1 rings (SSSR count). The molecule has 1 saturated heterocycles. The zero-order valence-corrected chi connectivity index (χ0v) is 10.5. The number of carbonyl (C=O) groups is 1. The lowest BCUT2D eigenvalue weighted by Crippen LogP contribution is -2.54. The molecule has 0 aromatic heterocycles. The Kier molecular flexibility index (Phi) is 4.74. The Balaban J connectivity index is 2.45. The first-order chi connectivity index (χ1) is 7.52. The molecule has 1 fully saturated rings. The van der Waals surface area contributed by atoms with Gasteiger partial charge in [0.25, 0.3) is 0 Å². The zero-order chi connectivity index (χ0) is 12.2. The van der Waals surface area contributed by atoms with E-state index in [4.69, 9.17) is 0 Å². The summed E-state index contributed by atoms with van der Waals surface area (Å²) in [4.78, 5) is 12.0. The summed E-state index contributed by atoms with van der Waals surface area (Å²) in [7, 11) is 0. The number of rotatable bonds is 5. The van der Waals surface area contributed by atoms with Crippen molar-refractivity contribution < 1.29 is 9.90 Å². The van der Waals surface area contributed by atoms with E-state index in [2.05, 4.69) is 10.6 Å². The van der Waals surface area contributed by atoms with Gasteiger partial charge in [-0.3, -0.25) is 4.79 Å². The average Bonchev–Trinajstić information content (AvgIpc) is 2.74. The van der Waals surface area contributed by atoms with Gasteiger partial charge in [0.2, 0.25) is 5.91 Å². The summed E-state index contributed by atoms with van der Waals surface area (Å²) in [5, 5.41) is 15.8. The Hall–Kier alpha value is -0.610. The van der Waals surface area contributed by atoms with Crippen molar-refractivity contribution >= 4 is 5.91 Å². The van der Waals surface area contributed by atoms with E-state index in [1.165, 1.54) is 0 Å². The van der Waals surface area contributed by atoms with E-state index in [1.807, 2.05) is 20.8 Å². The van der Waals surface area contributed by atoms with Crippen LogP contribution in [0.3, 0.4) is 0 Å². The smallest absolute Gasteiger partial charge is 0.240 e. The largest absolute Gasteiger partial charge is 0.391 e. The van der Waals surface area contributed by atoms with Crippen molar-refractivity contribution in [2.45, 2.75) is 51.7 Å². The molecule has 4 heteroatoms. The molecule has 0 saturated carbocycles. The van der Waals surface area contributed by atoms with Crippen molar-refractivity contribution in [3.63, 3.8) is 0 Å². The first kappa shape index (κ1) is 13.5. The molecule has 0 aromatic carbocycles. The van der Waals surface area contributed by atoms with Crippen LogP contribution in [-0.4, -0.2) is 35.7 Å². The fourth-order valence-corrected chi connectivity index (χ4v) is 2.06. The van der Waals surface area contributed by atoms with Crippen LogP contribution in [0.15, 0.2) is 0 Å². The van der Waals surface area contributed by atoms with Crippen LogP contribution in [0.5, 0.6) is 0 Å². The molecule has 1 aliphatic heterocycles. The van der Waals surface area contributed by atoms with Gasteiger partial charge in [-0.05, 0) is 31.7 Å². The molecule has 1 aliphatic rings. The van der Waals surface area contributed by atoms with Crippen LogP contribution in [-0.2, 0) is 4.79 Å². The molecule has 2 unspecified atom stereocenters. The lowest BCUT2D eigenvalue weighted by Gasteiger charge is -2.27. The van der Waals surface area contributed by atoms with Crippen molar-refractivity contribution in [2.75, 3.05) is 13.1 Å². The maximum absolute atomic E-state index is 12.0. The van der Waals surface area contributed by atoms with Gasteiger partial charge in [-0.1, -0.05) is 20.8 Å². The molecule has 1 amide bonds. The van der Waals surface area contributed by atoms with E-state index >= 15 is 0 Å². The second-order valence-electron chi connectivity index (χ2n) is 4.99. The van der Waals surface area contributed by atoms with E-state index in [1.54, 1.807) is 0 Å². The molecule has 0 aromatic rings. The number of aliphatic hydroxyl groups excluding tert-OH is 1. The summed E-state index contributed by atoms with van der Waals surface area (Å²) in [6, 6.07) is 0. The van der Waals surface area contributed by atoms with Gasteiger partial charge in [0.05, 0.1) is 11.6 Å². The first-order valence-electron chi connectivity index (χ1n) is 6.23. The summed E-state index contributed by atoms with van der Waals surface area (Å²) in [5.74, 6) is 0.210. The highest BCUT2D eigenvalue weighted by Crippen LogP contribution is 2.22. The number of aliphatic hydroxyl groups is 1. The number of carbonyl (C=O) groups excluding carboxylic acids is 1. The second kappa shape index (κ2) is 5.64. The van der Waals surface area contributed by atoms with Gasteiger partial charge in [-0.25, -0.2) is 0 Å². The third kappa shape index (κ3) is 2.95. The highest BCUT2D eigenvalue weighted by molar-refractivity contribution is 5.86. The number of amides is 1. The first-order valence-corrected chi connectivity index (χ1v) is 6.23. The van der Waals surface area contributed by atoms with Crippen molar-refractivity contribution in [2.24, 2.45) is 5.92 Å². The van der Waals surface area contributed by atoms with Gasteiger partial charge < -0.3 is 15.7 Å². The molecule has 2 atom stereocenters. The lowest BCUT2D eigenvalue weighted by atomic mass is 9.93. The quantitative estimate of drug-likeness (QED) is 0.647. The second-order valence-corrected chi connectivity index (χ2v) is 4.99. The summed E-state index contributed by atoms with van der Waals surface area (Å²) in [6.45, 7) is 7.17. The molecule has 16 heavy (non-hydrogen) atoms. The SMILES string of the molecule is CCC1(C(=O)NCC(O)C(C)C)CCCN1. The molecular formula is C12H24N2O2. The molecule has 4 nitrogen and oxygen atoms in total. The minimum absolute atomic E-state index is 0.0344. The zero-order valence-electron chi connectivity index (χ0n) is 10.5. The number of hydrogen-bond acceptors (Lipinski definition) is 3. The summed E-state index contributed by atoms with van der Waals surface area (Å²) in [6.07, 6.45) is 2.29. The topological polar surface area (TPSA) is 61.4 Å². The fourth-order valence-electron chi connectivity index (χ4n) is 2.06. The normalized spacial score (nSPS) is 27.1.